The van der Waals surface area contributed by atoms with E-state index in [2.05, 4.69) is 17.2 Å². The minimum atomic E-state index is -3.49. The van der Waals surface area contributed by atoms with Crippen LogP contribution in [0.5, 0.6) is 0 Å². The highest BCUT2D eigenvalue weighted by Crippen LogP contribution is 2.25. The van der Waals surface area contributed by atoms with E-state index >= 15 is 0 Å². The van der Waals surface area contributed by atoms with Crippen LogP contribution >= 0.6 is 0 Å². The first-order chi connectivity index (χ1) is 14.1. The average molecular weight is 435 g/mol. The van der Waals surface area contributed by atoms with Gasteiger partial charge in [-0.05, 0) is 51.3 Å². The number of hydrogen-bond donors (Lipinski definition) is 1. The molecule has 1 aliphatic rings. The first-order valence-electron chi connectivity index (χ1n) is 10.9. The molecule has 3 rings (SSSR count). The highest BCUT2D eigenvalue weighted by molar-refractivity contribution is 7.89. The van der Waals surface area contributed by atoms with Crippen molar-refractivity contribution in [1.82, 2.24) is 19.2 Å². The molecule has 1 aromatic heterocycles. The van der Waals surface area contributed by atoms with Gasteiger partial charge in [0.25, 0.3) is 0 Å². The van der Waals surface area contributed by atoms with E-state index in [-0.39, 0.29) is 11.4 Å². The van der Waals surface area contributed by atoms with Gasteiger partial charge in [0.2, 0.25) is 15.9 Å². The molecule has 166 valence electrons. The number of benzene rings is 1. The first kappa shape index (κ1) is 22.7. The van der Waals surface area contributed by atoms with Gasteiger partial charge in [0.05, 0.1) is 15.9 Å². The molecule has 1 fully saturated rings. The second-order valence-electron chi connectivity index (χ2n) is 8.88. The van der Waals surface area contributed by atoms with Gasteiger partial charge in [-0.1, -0.05) is 19.8 Å². The van der Waals surface area contributed by atoms with Crippen LogP contribution < -0.4 is 5.32 Å². The summed E-state index contributed by atoms with van der Waals surface area (Å²) < 4.78 is 29.4. The van der Waals surface area contributed by atoms with Crippen LogP contribution in [-0.4, -0.2) is 46.8 Å². The van der Waals surface area contributed by atoms with Crippen LogP contribution in [-0.2, 0) is 28.3 Å². The van der Waals surface area contributed by atoms with E-state index in [1.807, 2.05) is 31.5 Å². The molecule has 0 aliphatic carbocycles. The van der Waals surface area contributed by atoms with E-state index < -0.39 is 10.0 Å². The maximum atomic E-state index is 13.0. The normalized spacial score (nSPS) is 16.1. The van der Waals surface area contributed by atoms with Gasteiger partial charge in [0, 0.05) is 38.5 Å². The van der Waals surface area contributed by atoms with Crippen molar-refractivity contribution in [2.24, 2.45) is 7.05 Å². The number of hydrogen-bond acceptors (Lipinski definition) is 4. The third kappa shape index (κ3) is 5.03. The summed E-state index contributed by atoms with van der Waals surface area (Å²) in [6, 6.07) is 5.14. The molecule has 1 aliphatic heterocycles. The number of sulfonamides is 1. The van der Waals surface area contributed by atoms with E-state index in [4.69, 9.17) is 0 Å². The smallest absolute Gasteiger partial charge is 0.243 e. The van der Waals surface area contributed by atoms with E-state index in [0.29, 0.717) is 36.3 Å². The first-order valence-corrected chi connectivity index (χ1v) is 12.3. The third-order valence-electron chi connectivity index (χ3n) is 5.83. The van der Waals surface area contributed by atoms with Crippen LogP contribution in [0.4, 0.5) is 0 Å². The van der Waals surface area contributed by atoms with Gasteiger partial charge in [-0.3, -0.25) is 4.79 Å². The maximum Gasteiger partial charge on any atom is 0.243 e. The Labute approximate surface area is 179 Å². The Bertz CT molecular complexity index is 1000. The molecule has 30 heavy (non-hydrogen) atoms. The SMILES string of the molecule is CCCC(C)(C)NC(=O)CCc1nc2cc(S(=O)(=O)N3CCCCC3)ccc2n1C. The van der Waals surface area contributed by atoms with Crippen LogP contribution in [0.2, 0.25) is 0 Å². The Morgan fingerprint density at radius 2 is 1.90 bits per heavy atom. The van der Waals surface area contributed by atoms with Gasteiger partial charge in [0.1, 0.15) is 5.82 Å². The number of nitrogens with zero attached hydrogens (tertiary/aromatic N) is 3. The molecule has 0 saturated carbocycles. The van der Waals surface area contributed by atoms with E-state index in [0.717, 1.165) is 43.4 Å². The second kappa shape index (κ2) is 9.06. The minimum absolute atomic E-state index is 0.00821. The molecule has 1 amide bonds. The molecule has 8 heteroatoms. The zero-order valence-electron chi connectivity index (χ0n) is 18.6. The molecule has 0 bridgehead atoms. The number of carbonyl (C=O) groups excluding carboxylic acids is 1. The number of nitrogens with one attached hydrogen (secondary N) is 1. The van der Waals surface area contributed by atoms with Crippen molar-refractivity contribution in [1.29, 1.82) is 0 Å². The van der Waals surface area contributed by atoms with Crippen molar-refractivity contribution in [3.05, 3.63) is 24.0 Å². The van der Waals surface area contributed by atoms with Gasteiger partial charge in [-0.15, -0.1) is 0 Å². The zero-order valence-corrected chi connectivity index (χ0v) is 19.4. The molecule has 1 saturated heterocycles. The molecule has 0 radical (unpaired) electrons. The van der Waals surface area contributed by atoms with E-state index in [1.165, 1.54) is 0 Å². The Morgan fingerprint density at radius 3 is 2.57 bits per heavy atom. The Balaban J connectivity index is 1.75. The number of imidazole rings is 1. The average Bonchev–Trinajstić information content (AvgIpc) is 3.02. The lowest BCUT2D eigenvalue weighted by molar-refractivity contribution is -0.122. The Kier molecular flexibility index (Phi) is 6.87. The quantitative estimate of drug-likeness (QED) is 0.690. The van der Waals surface area contributed by atoms with Gasteiger partial charge in [-0.25, -0.2) is 13.4 Å². The fourth-order valence-corrected chi connectivity index (χ4v) is 5.76. The second-order valence-corrected chi connectivity index (χ2v) is 10.8. The third-order valence-corrected chi connectivity index (χ3v) is 7.72. The van der Waals surface area contributed by atoms with E-state index in [1.54, 1.807) is 16.4 Å². The van der Waals surface area contributed by atoms with Crippen molar-refractivity contribution >= 4 is 27.0 Å². The van der Waals surface area contributed by atoms with Gasteiger partial charge < -0.3 is 9.88 Å². The van der Waals surface area contributed by atoms with Crippen molar-refractivity contribution < 1.29 is 13.2 Å². The summed E-state index contributed by atoms with van der Waals surface area (Å²) in [5.41, 5.74) is 1.31. The van der Waals surface area contributed by atoms with Gasteiger partial charge in [0.15, 0.2) is 0 Å². The predicted molar refractivity (Wildman–Crippen MR) is 119 cm³/mol. The fourth-order valence-electron chi connectivity index (χ4n) is 4.22. The van der Waals surface area contributed by atoms with E-state index in [9.17, 15) is 13.2 Å². The molecular formula is C22H34N4O3S. The monoisotopic (exact) mass is 434 g/mol. The van der Waals surface area contributed by atoms with Crippen LogP contribution in [0.1, 0.15) is 65.1 Å². The summed E-state index contributed by atoms with van der Waals surface area (Å²) in [6.45, 7) is 7.34. The standard InChI is InChI=1S/C22H34N4O3S/c1-5-13-22(2,3)24-21(27)12-11-20-23-18-16-17(9-10-19(18)25(20)4)30(28,29)26-14-7-6-8-15-26/h9-10,16H,5-8,11-15H2,1-4H3,(H,24,27). The summed E-state index contributed by atoms with van der Waals surface area (Å²) in [4.78, 5) is 17.3. The molecule has 0 spiro atoms. The molecule has 1 aromatic carbocycles. The number of piperidine rings is 1. The molecule has 7 nitrogen and oxygen atoms in total. The van der Waals surface area contributed by atoms with Crippen LogP contribution in [0.15, 0.2) is 23.1 Å². The molecule has 0 atom stereocenters. The summed E-state index contributed by atoms with van der Waals surface area (Å²) >= 11 is 0. The fraction of sp³-hybridized carbons (Fsp3) is 0.636. The highest BCUT2D eigenvalue weighted by Gasteiger charge is 2.26. The number of carbonyl (C=O) groups is 1. The largest absolute Gasteiger partial charge is 0.351 e. The van der Waals surface area contributed by atoms with Crippen LogP contribution in [0.3, 0.4) is 0 Å². The predicted octanol–water partition coefficient (Wildman–Crippen LogP) is 3.38. The van der Waals surface area contributed by atoms with Crippen LogP contribution in [0.25, 0.3) is 11.0 Å². The topological polar surface area (TPSA) is 84.3 Å². The molecule has 2 heterocycles. The highest BCUT2D eigenvalue weighted by atomic mass is 32.2. The maximum absolute atomic E-state index is 13.0. The lowest BCUT2D eigenvalue weighted by Gasteiger charge is -2.25. The summed E-state index contributed by atoms with van der Waals surface area (Å²) in [6.07, 6.45) is 5.70. The Morgan fingerprint density at radius 1 is 1.20 bits per heavy atom. The van der Waals surface area contributed by atoms with Gasteiger partial charge >= 0.3 is 0 Å². The lowest BCUT2D eigenvalue weighted by Crippen LogP contribution is -2.43. The number of amides is 1. The van der Waals surface area contributed by atoms with Crippen molar-refractivity contribution in [3.63, 3.8) is 0 Å². The number of aromatic nitrogens is 2. The minimum Gasteiger partial charge on any atom is -0.351 e. The summed E-state index contributed by atoms with van der Waals surface area (Å²) in [5.74, 6) is 0.787. The van der Waals surface area contributed by atoms with Crippen LogP contribution in [0, 0.1) is 0 Å². The number of fused-ring (bicyclic) bond motifs is 1. The van der Waals surface area contributed by atoms with Crippen molar-refractivity contribution in [2.45, 2.75) is 76.2 Å². The number of rotatable bonds is 8. The summed E-state index contributed by atoms with van der Waals surface area (Å²) in [7, 11) is -1.58. The van der Waals surface area contributed by atoms with Crippen molar-refractivity contribution in [2.75, 3.05) is 13.1 Å². The lowest BCUT2D eigenvalue weighted by atomic mass is 9.98. The number of aryl methyl sites for hydroxylation is 2. The zero-order chi connectivity index (χ0) is 21.9. The molecule has 0 unspecified atom stereocenters. The molecule has 1 N–H and O–H groups in total. The summed E-state index contributed by atoms with van der Waals surface area (Å²) in [5, 5.41) is 3.09. The van der Waals surface area contributed by atoms with Gasteiger partial charge in [-0.2, -0.15) is 4.31 Å². The van der Waals surface area contributed by atoms with Crippen molar-refractivity contribution in [3.8, 4) is 0 Å². The molecule has 2 aromatic rings. The molecular weight excluding hydrogens is 400 g/mol. The Hall–Kier alpha value is -1.93.